The molecular formula is C21H25FN4O2+2. The standard InChI is InChI=1S/C21H23FN4O2/c22-17-1-3-18(4-2-17)26-20(27)15-19(21(26)28)25-13-11-24(12-14-25)10-7-16-5-8-23-9-6-16/h1-6,8-9,19H,7,10-15H2/p+2/t19-/m0/s1. The highest BCUT2D eigenvalue weighted by Gasteiger charge is 2.46. The van der Waals surface area contributed by atoms with E-state index in [1.165, 1.54) is 44.5 Å². The molecule has 0 unspecified atom stereocenters. The van der Waals surface area contributed by atoms with Crippen molar-refractivity contribution in [3.63, 3.8) is 0 Å². The minimum atomic E-state index is -0.379. The fourth-order valence-electron chi connectivity index (χ4n) is 4.21. The van der Waals surface area contributed by atoms with Gasteiger partial charge in [-0.05, 0) is 42.0 Å². The smallest absolute Gasteiger partial charge is 0.292 e. The van der Waals surface area contributed by atoms with Crippen LogP contribution in [0.15, 0.2) is 48.8 Å². The van der Waals surface area contributed by atoms with Crippen LogP contribution >= 0.6 is 0 Å². The van der Waals surface area contributed by atoms with E-state index >= 15 is 0 Å². The zero-order chi connectivity index (χ0) is 19.5. The first kappa shape index (κ1) is 18.7. The highest BCUT2D eigenvalue weighted by atomic mass is 19.1. The number of carbonyl (C=O) groups excluding carboxylic acids is 2. The Bertz CT molecular complexity index is 835. The van der Waals surface area contributed by atoms with Crippen LogP contribution in [-0.4, -0.2) is 55.6 Å². The molecule has 2 aliphatic heterocycles. The minimum Gasteiger partial charge on any atom is -0.325 e. The van der Waals surface area contributed by atoms with Gasteiger partial charge in [0.15, 0.2) is 6.04 Å². The molecule has 0 aliphatic carbocycles. The fourth-order valence-corrected chi connectivity index (χ4v) is 4.21. The molecule has 2 saturated heterocycles. The zero-order valence-corrected chi connectivity index (χ0v) is 15.7. The molecule has 1 aromatic heterocycles. The van der Waals surface area contributed by atoms with Crippen LogP contribution < -0.4 is 14.7 Å². The molecule has 2 N–H and O–H groups in total. The largest absolute Gasteiger partial charge is 0.325 e. The Morgan fingerprint density at radius 3 is 2.36 bits per heavy atom. The maximum atomic E-state index is 13.1. The summed E-state index contributed by atoms with van der Waals surface area (Å²) in [7, 11) is 0. The molecule has 0 bridgehead atoms. The summed E-state index contributed by atoms with van der Waals surface area (Å²) in [6.07, 6.45) is 4.90. The Labute approximate surface area is 163 Å². The number of pyridine rings is 1. The number of carbonyl (C=O) groups is 2. The van der Waals surface area contributed by atoms with Crippen molar-refractivity contribution in [1.82, 2.24) is 4.98 Å². The van der Waals surface area contributed by atoms with Crippen LogP contribution in [0.2, 0.25) is 0 Å². The molecule has 1 atom stereocenters. The molecule has 1 aromatic carbocycles. The maximum Gasteiger partial charge on any atom is 0.292 e. The van der Waals surface area contributed by atoms with Gasteiger partial charge in [-0.25, -0.2) is 9.29 Å². The van der Waals surface area contributed by atoms with Crippen LogP contribution in [0.3, 0.4) is 0 Å². The highest BCUT2D eigenvalue weighted by Crippen LogP contribution is 2.22. The number of nitrogens with zero attached hydrogens (tertiary/aromatic N) is 2. The van der Waals surface area contributed by atoms with Crippen molar-refractivity contribution in [1.29, 1.82) is 0 Å². The van der Waals surface area contributed by atoms with Gasteiger partial charge >= 0.3 is 0 Å². The number of aromatic nitrogens is 1. The van der Waals surface area contributed by atoms with Crippen molar-refractivity contribution in [2.75, 3.05) is 37.6 Å². The second-order valence-corrected chi connectivity index (χ2v) is 7.56. The quantitative estimate of drug-likeness (QED) is 0.642. The van der Waals surface area contributed by atoms with Gasteiger partial charge in [0.2, 0.25) is 5.91 Å². The predicted molar refractivity (Wildman–Crippen MR) is 101 cm³/mol. The number of quaternary nitrogens is 2. The van der Waals surface area contributed by atoms with Crippen molar-refractivity contribution in [2.24, 2.45) is 0 Å². The van der Waals surface area contributed by atoms with E-state index in [4.69, 9.17) is 0 Å². The second-order valence-electron chi connectivity index (χ2n) is 7.56. The lowest BCUT2D eigenvalue weighted by atomic mass is 10.1. The second kappa shape index (κ2) is 8.16. The number of rotatable bonds is 5. The molecule has 2 fully saturated rings. The van der Waals surface area contributed by atoms with Gasteiger partial charge in [-0.15, -0.1) is 0 Å². The van der Waals surface area contributed by atoms with Gasteiger partial charge in [-0.1, -0.05) is 0 Å². The van der Waals surface area contributed by atoms with E-state index in [1.54, 1.807) is 0 Å². The molecule has 2 aromatic rings. The Hall–Kier alpha value is -2.64. The van der Waals surface area contributed by atoms with Gasteiger partial charge in [0.25, 0.3) is 5.91 Å². The summed E-state index contributed by atoms with van der Waals surface area (Å²) in [5.41, 5.74) is 1.75. The SMILES string of the molecule is O=C1C[C@H]([NH+]2CC[NH+](CCc3ccncc3)CC2)C(=O)N1c1ccc(F)cc1. The number of nitrogens with one attached hydrogen (secondary N) is 2. The Morgan fingerprint density at radius 1 is 1.00 bits per heavy atom. The average Bonchev–Trinajstić information content (AvgIpc) is 3.02. The lowest BCUT2D eigenvalue weighted by Crippen LogP contribution is -3.30. The summed E-state index contributed by atoms with van der Waals surface area (Å²) >= 11 is 0. The maximum absolute atomic E-state index is 13.1. The number of hydrogen-bond donors (Lipinski definition) is 2. The van der Waals surface area contributed by atoms with Gasteiger partial charge < -0.3 is 9.80 Å². The Morgan fingerprint density at radius 2 is 1.68 bits per heavy atom. The fraction of sp³-hybridized carbons (Fsp3) is 0.381. The van der Waals surface area contributed by atoms with Crippen molar-refractivity contribution < 1.29 is 23.8 Å². The van der Waals surface area contributed by atoms with E-state index in [9.17, 15) is 14.0 Å². The summed E-state index contributed by atoms with van der Waals surface area (Å²) in [5.74, 6) is -0.732. The Balaban J connectivity index is 1.32. The third-order valence-electron chi connectivity index (χ3n) is 5.84. The molecule has 0 saturated carbocycles. The number of hydrogen-bond acceptors (Lipinski definition) is 3. The van der Waals surface area contributed by atoms with Crippen molar-refractivity contribution in [3.8, 4) is 0 Å². The molecule has 4 rings (SSSR count). The zero-order valence-electron chi connectivity index (χ0n) is 15.7. The number of halogens is 1. The lowest BCUT2D eigenvalue weighted by Gasteiger charge is -2.32. The van der Waals surface area contributed by atoms with Crippen molar-refractivity contribution in [2.45, 2.75) is 18.9 Å². The van der Waals surface area contributed by atoms with Gasteiger partial charge in [0, 0.05) is 18.8 Å². The molecule has 146 valence electrons. The molecule has 3 heterocycles. The summed E-state index contributed by atoms with van der Waals surface area (Å²) in [6.45, 7) is 4.82. The van der Waals surface area contributed by atoms with E-state index in [0.717, 1.165) is 39.1 Å². The monoisotopic (exact) mass is 384 g/mol. The van der Waals surface area contributed by atoms with Gasteiger partial charge in [0.05, 0.1) is 18.7 Å². The van der Waals surface area contributed by atoms with Crippen LogP contribution in [0.1, 0.15) is 12.0 Å². The first-order valence-electron chi connectivity index (χ1n) is 9.81. The molecular weight excluding hydrogens is 359 g/mol. The lowest BCUT2D eigenvalue weighted by molar-refractivity contribution is -1.02. The molecule has 7 heteroatoms. The first-order valence-corrected chi connectivity index (χ1v) is 9.81. The van der Waals surface area contributed by atoms with Gasteiger partial charge in [-0.2, -0.15) is 0 Å². The van der Waals surface area contributed by atoms with Crippen LogP contribution in [0.5, 0.6) is 0 Å². The number of benzene rings is 1. The van der Waals surface area contributed by atoms with E-state index in [1.807, 2.05) is 24.5 Å². The highest BCUT2D eigenvalue weighted by molar-refractivity contribution is 6.21. The molecule has 2 amide bonds. The normalized spacial score (nSPS) is 25.3. The first-order chi connectivity index (χ1) is 13.6. The molecule has 0 spiro atoms. The number of piperazine rings is 1. The third kappa shape index (κ3) is 3.95. The molecule has 0 radical (unpaired) electrons. The van der Waals surface area contributed by atoms with E-state index in [0.29, 0.717) is 5.69 Å². The van der Waals surface area contributed by atoms with Crippen molar-refractivity contribution >= 4 is 17.5 Å². The van der Waals surface area contributed by atoms with E-state index < -0.39 is 0 Å². The number of anilines is 1. The third-order valence-corrected chi connectivity index (χ3v) is 5.84. The topological polar surface area (TPSA) is 59.2 Å². The molecule has 2 aliphatic rings. The van der Waals surface area contributed by atoms with Crippen LogP contribution in [0.25, 0.3) is 0 Å². The van der Waals surface area contributed by atoms with Crippen LogP contribution in [-0.2, 0) is 16.0 Å². The van der Waals surface area contributed by atoms with Crippen LogP contribution in [0, 0.1) is 5.82 Å². The number of imide groups is 1. The summed E-state index contributed by atoms with van der Waals surface area (Å²) in [4.78, 5) is 33.3. The minimum absolute atomic E-state index is 0.160. The van der Waals surface area contributed by atoms with Crippen LogP contribution in [0.4, 0.5) is 10.1 Å². The van der Waals surface area contributed by atoms with Crippen molar-refractivity contribution in [3.05, 3.63) is 60.2 Å². The van der Waals surface area contributed by atoms with E-state index in [-0.39, 0.29) is 30.1 Å². The van der Waals surface area contributed by atoms with Gasteiger partial charge in [0.1, 0.15) is 32.0 Å². The Kier molecular flexibility index (Phi) is 5.45. The molecule has 6 nitrogen and oxygen atoms in total. The average molecular weight is 384 g/mol. The summed E-state index contributed by atoms with van der Waals surface area (Å²) < 4.78 is 13.1. The predicted octanol–water partition coefficient (Wildman–Crippen LogP) is -1.12. The van der Waals surface area contributed by atoms with Gasteiger partial charge in [-0.3, -0.25) is 14.6 Å². The summed E-state index contributed by atoms with van der Waals surface area (Å²) in [6, 6.07) is 9.32. The van der Waals surface area contributed by atoms with E-state index in [2.05, 4.69) is 4.98 Å². The number of amides is 2. The summed E-state index contributed by atoms with van der Waals surface area (Å²) in [5, 5.41) is 0. The molecule has 28 heavy (non-hydrogen) atoms.